The molecule has 0 bridgehead atoms. The number of ether oxygens (including phenoxy) is 1. The first-order valence-electron chi connectivity index (χ1n) is 1.97. The molecule has 1 atom stereocenters. The predicted molar refractivity (Wildman–Crippen MR) is 27.2 cm³/mol. The molecule has 0 spiro atoms. The number of nitrogens with zero attached hydrogens (tertiary/aromatic N) is 1. The molecular formula is C3H8NOP. The largest absolute Gasteiger partial charge is 0.364 e. The van der Waals surface area contributed by atoms with Crippen LogP contribution in [-0.4, -0.2) is 24.6 Å². The average molecular weight is 105 g/mol. The number of rotatable bonds is 0. The summed E-state index contributed by atoms with van der Waals surface area (Å²) < 4.78 is 7.02. The van der Waals surface area contributed by atoms with Gasteiger partial charge in [-0.2, -0.15) is 0 Å². The quantitative estimate of drug-likeness (QED) is 0.404. The van der Waals surface area contributed by atoms with E-state index in [1.165, 1.54) is 0 Å². The fourth-order valence-electron chi connectivity index (χ4n) is 0.428. The van der Waals surface area contributed by atoms with Crippen LogP contribution in [0, 0.1) is 0 Å². The summed E-state index contributed by atoms with van der Waals surface area (Å²) in [5.41, 5.74) is 0. The van der Waals surface area contributed by atoms with Crippen molar-refractivity contribution in [3.05, 3.63) is 0 Å². The smallest absolute Gasteiger partial charge is 0.102 e. The van der Waals surface area contributed by atoms with Crippen LogP contribution in [0.2, 0.25) is 0 Å². The zero-order valence-corrected chi connectivity index (χ0v) is 4.71. The van der Waals surface area contributed by atoms with E-state index in [2.05, 4.69) is 14.1 Å². The fraction of sp³-hybridized carbons (Fsp3) is 1.00. The number of hydrogen-bond donors (Lipinski definition) is 0. The van der Waals surface area contributed by atoms with Gasteiger partial charge in [-0.1, -0.05) is 9.39 Å². The zero-order chi connectivity index (χ0) is 4.41. The lowest BCUT2D eigenvalue weighted by Gasteiger charge is -1.98. The Kier molecular flexibility index (Phi) is 1.41. The molecule has 1 heterocycles. The second-order valence-corrected chi connectivity index (χ2v) is 2.08. The Morgan fingerprint density at radius 1 is 1.67 bits per heavy atom. The molecule has 0 aliphatic carbocycles. The van der Waals surface area contributed by atoms with E-state index in [1.54, 1.807) is 0 Å². The Bertz CT molecular complexity index is 44.1. The Labute approximate surface area is 39.7 Å². The molecule has 1 fully saturated rings. The maximum atomic E-state index is 4.96. The lowest BCUT2D eigenvalue weighted by molar-refractivity contribution is 0.175. The van der Waals surface area contributed by atoms with Crippen LogP contribution >= 0.6 is 9.39 Å². The van der Waals surface area contributed by atoms with Crippen LogP contribution in [0.15, 0.2) is 0 Å². The van der Waals surface area contributed by atoms with Gasteiger partial charge in [-0.25, -0.2) is 0 Å². The molecule has 2 nitrogen and oxygen atoms in total. The van der Waals surface area contributed by atoms with Crippen molar-refractivity contribution in [2.75, 3.05) is 19.9 Å². The van der Waals surface area contributed by atoms with Gasteiger partial charge in [-0.3, -0.25) is 4.67 Å². The fourth-order valence-corrected chi connectivity index (χ4v) is 0.639. The monoisotopic (exact) mass is 105 g/mol. The Balaban J connectivity index is 2.18. The molecule has 1 unspecified atom stereocenters. The summed E-state index contributed by atoms with van der Waals surface area (Å²) in [4.78, 5) is 0. The van der Waals surface area contributed by atoms with Crippen molar-refractivity contribution in [2.45, 2.75) is 0 Å². The van der Waals surface area contributed by atoms with E-state index < -0.39 is 0 Å². The second kappa shape index (κ2) is 1.87. The molecule has 0 N–H and O–H groups in total. The maximum Gasteiger partial charge on any atom is 0.102 e. The van der Waals surface area contributed by atoms with Gasteiger partial charge in [0.25, 0.3) is 0 Å². The molecular weight excluding hydrogens is 97.0 g/mol. The van der Waals surface area contributed by atoms with Crippen molar-refractivity contribution in [3.8, 4) is 0 Å². The lowest BCUT2D eigenvalue weighted by atomic mass is 10.7. The highest BCUT2D eigenvalue weighted by molar-refractivity contribution is 7.13. The molecule has 0 saturated carbocycles. The summed E-state index contributed by atoms with van der Waals surface area (Å²) in [5, 5.41) is 0. The SMILES string of the molecule is PN1CCOC1. The molecule has 1 aliphatic heterocycles. The summed E-state index contributed by atoms with van der Waals surface area (Å²) in [6, 6.07) is 0. The van der Waals surface area contributed by atoms with Gasteiger partial charge >= 0.3 is 0 Å². The van der Waals surface area contributed by atoms with E-state index in [0.717, 1.165) is 19.9 Å². The third-order valence-electron chi connectivity index (χ3n) is 0.780. The topological polar surface area (TPSA) is 12.5 Å². The zero-order valence-electron chi connectivity index (χ0n) is 3.55. The first-order chi connectivity index (χ1) is 2.89. The van der Waals surface area contributed by atoms with Crippen LogP contribution < -0.4 is 0 Å². The van der Waals surface area contributed by atoms with Gasteiger partial charge < -0.3 is 4.74 Å². The molecule has 1 saturated heterocycles. The average Bonchev–Trinajstić information content (AvgIpc) is 1.86. The van der Waals surface area contributed by atoms with Crippen molar-refractivity contribution in [1.82, 2.24) is 4.67 Å². The first kappa shape index (κ1) is 4.51. The highest BCUT2D eigenvalue weighted by Crippen LogP contribution is 2.02. The molecule has 0 aromatic carbocycles. The normalized spacial score (nSPS) is 25.5. The van der Waals surface area contributed by atoms with Crippen LogP contribution in [0.3, 0.4) is 0 Å². The second-order valence-electron chi connectivity index (χ2n) is 1.35. The van der Waals surface area contributed by atoms with Gasteiger partial charge in [-0.05, 0) is 0 Å². The Morgan fingerprint density at radius 2 is 2.50 bits per heavy atom. The van der Waals surface area contributed by atoms with Crippen molar-refractivity contribution in [2.24, 2.45) is 0 Å². The van der Waals surface area contributed by atoms with E-state index in [0.29, 0.717) is 0 Å². The highest BCUT2D eigenvalue weighted by Gasteiger charge is 2.03. The Hall–Kier alpha value is 0.350. The molecule has 36 valence electrons. The van der Waals surface area contributed by atoms with Crippen molar-refractivity contribution < 1.29 is 4.74 Å². The van der Waals surface area contributed by atoms with Gasteiger partial charge in [0.05, 0.1) is 6.61 Å². The summed E-state index contributed by atoms with van der Waals surface area (Å²) >= 11 is 0. The molecule has 0 radical (unpaired) electrons. The van der Waals surface area contributed by atoms with Gasteiger partial charge in [-0.15, -0.1) is 0 Å². The minimum Gasteiger partial charge on any atom is -0.364 e. The summed E-state index contributed by atoms with van der Waals surface area (Å²) in [7, 11) is 2.58. The third kappa shape index (κ3) is 0.904. The summed E-state index contributed by atoms with van der Waals surface area (Å²) in [6.07, 6.45) is 0. The molecule has 6 heavy (non-hydrogen) atoms. The van der Waals surface area contributed by atoms with Gasteiger partial charge in [0.15, 0.2) is 0 Å². The highest BCUT2D eigenvalue weighted by atomic mass is 31.0. The van der Waals surface area contributed by atoms with E-state index >= 15 is 0 Å². The minimum absolute atomic E-state index is 0.782. The lowest BCUT2D eigenvalue weighted by Crippen LogP contribution is -2.02. The van der Waals surface area contributed by atoms with E-state index in [-0.39, 0.29) is 0 Å². The van der Waals surface area contributed by atoms with Crippen LogP contribution in [-0.2, 0) is 4.74 Å². The summed E-state index contributed by atoms with van der Waals surface area (Å²) in [5.74, 6) is 0. The van der Waals surface area contributed by atoms with E-state index in [9.17, 15) is 0 Å². The third-order valence-corrected chi connectivity index (χ3v) is 1.19. The van der Waals surface area contributed by atoms with Crippen molar-refractivity contribution in [1.29, 1.82) is 0 Å². The minimum atomic E-state index is 0.782. The summed E-state index contributed by atoms with van der Waals surface area (Å²) in [6.45, 7) is 2.73. The van der Waals surface area contributed by atoms with E-state index in [4.69, 9.17) is 4.74 Å². The van der Waals surface area contributed by atoms with Gasteiger partial charge in [0, 0.05) is 6.54 Å². The van der Waals surface area contributed by atoms with Crippen LogP contribution in [0.4, 0.5) is 0 Å². The standard InChI is InChI=1S/C3H8NOP/c6-4-1-2-5-3-4/h1-3,6H2. The van der Waals surface area contributed by atoms with Crippen LogP contribution in [0.5, 0.6) is 0 Å². The molecule has 0 aromatic rings. The first-order valence-corrected chi connectivity index (χ1v) is 2.48. The van der Waals surface area contributed by atoms with Gasteiger partial charge in [0.1, 0.15) is 6.73 Å². The molecule has 1 rings (SSSR count). The maximum absolute atomic E-state index is 4.96. The molecule has 0 aromatic heterocycles. The molecule has 0 amide bonds. The van der Waals surface area contributed by atoms with E-state index in [1.807, 2.05) is 0 Å². The van der Waals surface area contributed by atoms with Crippen LogP contribution in [0.25, 0.3) is 0 Å². The van der Waals surface area contributed by atoms with Crippen molar-refractivity contribution in [3.63, 3.8) is 0 Å². The van der Waals surface area contributed by atoms with Crippen LogP contribution in [0.1, 0.15) is 0 Å². The van der Waals surface area contributed by atoms with Crippen molar-refractivity contribution >= 4 is 9.39 Å². The molecule has 1 aliphatic rings. The number of hydrogen-bond acceptors (Lipinski definition) is 2. The van der Waals surface area contributed by atoms with Gasteiger partial charge in [0.2, 0.25) is 0 Å². The molecule has 3 heteroatoms. The predicted octanol–water partition coefficient (Wildman–Crippen LogP) is 0.0662. The Morgan fingerprint density at radius 3 is 2.67 bits per heavy atom.